The molecule has 2 aliphatic heterocycles. The second-order valence-corrected chi connectivity index (χ2v) is 8.99. The molecule has 2 atom stereocenters. The van der Waals surface area contributed by atoms with Gasteiger partial charge in [0, 0.05) is 43.5 Å². The fraction of sp³-hybridized carbons (Fsp3) is 0.714. The van der Waals surface area contributed by atoms with E-state index in [1.165, 1.54) is 4.88 Å². The summed E-state index contributed by atoms with van der Waals surface area (Å²) in [5.74, 6) is 0.458. The van der Waals surface area contributed by atoms with Gasteiger partial charge in [0.15, 0.2) is 0 Å². The molecule has 21 heavy (non-hydrogen) atoms. The molecule has 1 aromatic heterocycles. The Hall–Kier alpha value is -0.470. The van der Waals surface area contributed by atoms with Gasteiger partial charge in [0.25, 0.3) is 0 Å². The average Bonchev–Trinajstić information content (AvgIpc) is 3.06. The molecular weight excluding hydrogens is 308 g/mol. The highest BCUT2D eigenvalue weighted by molar-refractivity contribution is 7.89. The van der Waals surface area contributed by atoms with Crippen LogP contribution in [0.1, 0.15) is 11.8 Å². The van der Waals surface area contributed by atoms with Crippen molar-refractivity contribution in [3.05, 3.63) is 22.4 Å². The van der Waals surface area contributed by atoms with E-state index in [0.717, 1.165) is 19.6 Å². The molecule has 1 aromatic rings. The Morgan fingerprint density at radius 3 is 2.95 bits per heavy atom. The number of thiophene rings is 1. The second-order valence-electron chi connectivity index (χ2n) is 5.70. The predicted molar refractivity (Wildman–Crippen MR) is 83.9 cm³/mol. The highest BCUT2D eigenvalue weighted by Crippen LogP contribution is 2.26. The smallest absolute Gasteiger partial charge is 0.213 e. The van der Waals surface area contributed by atoms with E-state index in [1.54, 1.807) is 22.6 Å². The molecule has 0 bridgehead atoms. The number of ether oxygens (including phenoxy) is 1. The molecule has 3 rings (SSSR count). The van der Waals surface area contributed by atoms with Crippen LogP contribution in [0.3, 0.4) is 0 Å². The first kappa shape index (κ1) is 15.4. The summed E-state index contributed by atoms with van der Waals surface area (Å²) in [7, 11) is -3.10. The van der Waals surface area contributed by atoms with Crippen molar-refractivity contribution in [1.29, 1.82) is 0 Å². The zero-order valence-corrected chi connectivity index (χ0v) is 13.9. The molecule has 0 N–H and O–H groups in total. The normalized spacial score (nSPS) is 28.4. The zero-order valence-electron chi connectivity index (χ0n) is 12.3. The van der Waals surface area contributed by atoms with Gasteiger partial charge in [0.2, 0.25) is 10.0 Å². The molecule has 0 unspecified atom stereocenters. The Balaban J connectivity index is 1.65. The third kappa shape index (κ3) is 3.48. The van der Waals surface area contributed by atoms with Gasteiger partial charge in [-0.2, -0.15) is 4.31 Å². The molecule has 2 saturated heterocycles. The summed E-state index contributed by atoms with van der Waals surface area (Å²) < 4.78 is 31.6. The molecule has 0 aliphatic carbocycles. The Bertz CT molecular complexity index is 559. The van der Waals surface area contributed by atoms with E-state index in [-0.39, 0.29) is 17.8 Å². The molecule has 2 fully saturated rings. The van der Waals surface area contributed by atoms with Gasteiger partial charge in [-0.1, -0.05) is 6.07 Å². The third-order valence-corrected chi connectivity index (χ3v) is 6.97. The Morgan fingerprint density at radius 2 is 2.24 bits per heavy atom. The number of rotatable bonds is 4. The van der Waals surface area contributed by atoms with Gasteiger partial charge < -0.3 is 4.74 Å². The summed E-state index contributed by atoms with van der Waals surface area (Å²) in [6, 6.07) is 4.22. The highest BCUT2D eigenvalue weighted by Gasteiger charge is 2.40. The van der Waals surface area contributed by atoms with Crippen molar-refractivity contribution in [2.24, 2.45) is 5.92 Å². The van der Waals surface area contributed by atoms with E-state index in [1.807, 2.05) is 0 Å². The van der Waals surface area contributed by atoms with Crippen LogP contribution in [0.2, 0.25) is 0 Å². The molecule has 5 nitrogen and oxygen atoms in total. The van der Waals surface area contributed by atoms with Gasteiger partial charge in [-0.15, -0.1) is 11.3 Å². The van der Waals surface area contributed by atoms with Crippen molar-refractivity contribution < 1.29 is 13.2 Å². The number of fused-ring (bicyclic) bond motifs is 1. The summed E-state index contributed by atoms with van der Waals surface area (Å²) in [5.41, 5.74) is 0. The van der Waals surface area contributed by atoms with Gasteiger partial charge in [-0.3, -0.25) is 4.90 Å². The number of hydrogen-bond donors (Lipinski definition) is 0. The predicted octanol–water partition coefficient (Wildman–Crippen LogP) is 1.23. The monoisotopic (exact) mass is 330 g/mol. The lowest BCUT2D eigenvalue weighted by Gasteiger charge is -2.22. The van der Waals surface area contributed by atoms with Crippen LogP contribution in [0.15, 0.2) is 17.5 Å². The van der Waals surface area contributed by atoms with Crippen molar-refractivity contribution in [2.45, 2.75) is 19.6 Å². The molecule has 7 heteroatoms. The Labute approximate surface area is 130 Å². The van der Waals surface area contributed by atoms with Gasteiger partial charge in [-0.25, -0.2) is 8.42 Å². The minimum absolute atomic E-state index is 0.0552. The van der Waals surface area contributed by atoms with Crippen molar-refractivity contribution in [2.75, 3.05) is 38.5 Å². The van der Waals surface area contributed by atoms with Crippen LogP contribution in [-0.4, -0.2) is 62.3 Å². The van der Waals surface area contributed by atoms with Crippen LogP contribution in [0.25, 0.3) is 0 Å². The lowest BCUT2D eigenvalue weighted by Crippen LogP contribution is -2.34. The van der Waals surface area contributed by atoms with Gasteiger partial charge >= 0.3 is 0 Å². The third-order valence-electron chi connectivity index (χ3n) is 4.30. The summed E-state index contributed by atoms with van der Waals surface area (Å²) in [4.78, 5) is 3.74. The van der Waals surface area contributed by atoms with Crippen molar-refractivity contribution in [3.63, 3.8) is 0 Å². The summed E-state index contributed by atoms with van der Waals surface area (Å²) in [6.07, 6.45) is 0.0552. The minimum Gasteiger partial charge on any atom is -0.375 e. The molecule has 0 spiro atoms. The Kier molecular flexibility index (Phi) is 4.66. The van der Waals surface area contributed by atoms with Crippen LogP contribution in [0.5, 0.6) is 0 Å². The average molecular weight is 330 g/mol. The summed E-state index contributed by atoms with van der Waals surface area (Å²) >= 11 is 1.77. The van der Waals surface area contributed by atoms with Crippen molar-refractivity contribution in [3.8, 4) is 0 Å². The van der Waals surface area contributed by atoms with E-state index >= 15 is 0 Å². The number of sulfonamides is 1. The van der Waals surface area contributed by atoms with E-state index in [0.29, 0.717) is 19.7 Å². The Morgan fingerprint density at radius 1 is 1.38 bits per heavy atom. The standard InChI is InChI=1S/C14H22N2O3S2/c1-2-21(17,18)16-9-12-8-15(5-6-19-14(12)11-16)10-13-4-3-7-20-13/h3-4,7,12,14H,2,5-6,8-11H2,1H3/t12-,14+/m0/s1. The quantitative estimate of drug-likeness (QED) is 0.833. The van der Waals surface area contributed by atoms with E-state index in [4.69, 9.17) is 4.74 Å². The van der Waals surface area contributed by atoms with Gasteiger partial charge in [-0.05, 0) is 18.4 Å². The van der Waals surface area contributed by atoms with E-state index in [2.05, 4.69) is 22.4 Å². The molecule has 0 radical (unpaired) electrons. The first-order chi connectivity index (χ1) is 10.1. The van der Waals surface area contributed by atoms with Crippen molar-refractivity contribution in [1.82, 2.24) is 9.21 Å². The maximum atomic E-state index is 12.0. The fourth-order valence-electron chi connectivity index (χ4n) is 3.10. The molecule has 118 valence electrons. The zero-order chi connectivity index (χ0) is 14.9. The van der Waals surface area contributed by atoms with Gasteiger partial charge in [0.05, 0.1) is 18.5 Å². The van der Waals surface area contributed by atoms with Crippen LogP contribution in [-0.2, 0) is 21.3 Å². The van der Waals surface area contributed by atoms with Crippen molar-refractivity contribution >= 4 is 21.4 Å². The second kappa shape index (κ2) is 6.34. The largest absolute Gasteiger partial charge is 0.375 e. The molecule has 0 amide bonds. The first-order valence-corrected chi connectivity index (χ1v) is 9.91. The van der Waals surface area contributed by atoms with Crippen LogP contribution >= 0.6 is 11.3 Å². The maximum Gasteiger partial charge on any atom is 0.213 e. The molecular formula is C14H22N2O3S2. The van der Waals surface area contributed by atoms with Crippen LogP contribution in [0.4, 0.5) is 0 Å². The minimum atomic E-state index is -3.10. The first-order valence-electron chi connectivity index (χ1n) is 7.42. The van der Waals surface area contributed by atoms with Gasteiger partial charge in [0.1, 0.15) is 0 Å². The summed E-state index contributed by atoms with van der Waals surface area (Å²) in [6.45, 7) is 6.28. The number of hydrogen-bond acceptors (Lipinski definition) is 5. The van der Waals surface area contributed by atoms with E-state index in [9.17, 15) is 8.42 Å². The lowest BCUT2D eigenvalue weighted by molar-refractivity contribution is 0.0546. The molecule has 3 heterocycles. The van der Waals surface area contributed by atoms with Crippen LogP contribution < -0.4 is 0 Å². The molecule has 0 aromatic carbocycles. The maximum absolute atomic E-state index is 12.0. The molecule has 0 saturated carbocycles. The molecule has 2 aliphatic rings. The van der Waals surface area contributed by atoms with Crippen LogP contribution in [0, 0.1) is 5.92 Å². The fourth-order valence-corrected chi connectivity index (χ4v) is 5.00. The topological polar surface area (TPSA) is 49.9 Å². The van der Waals surface area contributed by atoms with E-state index < -0.39 is 10.0 Å². The number of nitrogens with zero attached hydrogens (tertiary/aromatic N) is 2. The summed E-state index contributed by atoms with van der Waals surface area (Å²) in [5, 5.41) is 2.09. The lowest BCUT2D eigenvalue weighted by atomic mass is 10.1. The highest BCUT2D eigenvalue weighted by atomic mass is 32.2. The SMILES string of the molecule is CCS(=O)(=O)N1C[C@@H]2CN(Cc3cccs3)CCO[C@@H]2C1.